The van der Waals surface area contributed by atoms with E-state index in [9.17, 15) is 9.59 Å². The zero-order chi connectivity index (χ0) is 20.8. The zero-order valence-corrected chi connectivity index (χ0v) is 16.5. The maximum atomic E-state index is 12.6. The Labute approximate surface area is 173 Å². The van der Waals surface area contributed by atoms with Crippen LogP contribution in [0, 0.1) is 11.8 Å². The first kappa shape index (κ1) is 19.8. The van der Waals surface area contributed by atoms with Crippen LogP contribution in [0.4, 0.5) is 10.6 Å². The minimum Gasteiger partial charge on any atom is -0.445 e. The Balaban J connectivity index is 1.19. The third kappa shape index (κ3) is 4.91. The molecule has 0 radical (unpaired) electrons. The fourth-order valence-corrected chi connectivity index (χ4v) is 3.71. The second-order valence-electron chi connectivity index (χ2n) is 7.50. The third-order valence-electron chi connectivity index (χ3n) is 5.45. The number of benzene rings is 1. The number of ether oxygens (including phenoxy) is 1. The van der Waals surface area contributed by atoms with E-state index >= 15 is 0 Å². The van der Waals surface area contributed by atoms with Crippen LogP contribution in [-0.2, 0) is 16.1 Å². The van der Waals surface area contributed by atoms with Crippen LogP contribution in [0.15, 0.2) is 42.9 Å². The van der Waals surface area contributed by atoms with Gasteiger partial charge in [0.15, 0.2) is 5.65 Å². The van der Waals surface area contributed by atoms with Gasteiger partial charge in [0.2, 0.25) is 5.91 Å². The van der Waals surface area contributed by atoms with Gasteiger partial charge in [-0.25, -0.2) is 14.8 Å². The molecule has 1 aliphatic rings. The van der Waals surface area contributed by atoms with Crippen molar-refractivity contribution in [3.05, 3.63) is 48.4 Å². The largest absolute Gasteiger partial charge is 0.445 e. The summed E-state index contributed by atoms with van der Waals surface area (Å²) in [4.78, 5) is 32.8. The quantitative estimate of drug-likeness (QED) is 0.576. The lowest BCUT2D eigenvalue weighted by Crippen LogP contribution is -2.34. The summed E-state index contributed by atoms with van der Waals surface area (Å²) in [7, 11) is 0. The Hall–Kier alpha value is -3.49. The molecule has 2 amide bonds. The summed E-state index contributed by atoms with van der Waals surface area (Å²) in [5.41, 5.74) is 1.55. The smallest absolute Gasteiger partial charge is 0.407 e. The molecule has 4 rings (SSSR count). The first-order valence-corrected chi connectivity index (χ1v) is 10.1. The maximum absolute atomic E-state index is 12.6. The summed E-state index contributed by atoms with van der Waals surface area (Å²) >= 11 is 0. The van der Waals surface area contributed by atoms with Gasteiger partial charge in [-0.1, -0.05) is 30.3 Å². The van der Waals surface area contributed by atoms with Gasteiger partial charge in [0, 0.05) is 12.5 Å². The summed E-state index contributed by atoms with van der Waals surface area (Å²) in [6.45, 7) is 0.816. The summed E-state index contributed by atoms with van der Waals surface area (Å²) in [5.74, 6) is 0.717. The van der Waals surface area contributed by atoms with Crippen molar-refractivity contribution in [1.82, 2.24) is 25.5 Å². The highest BCUT2D eigenvalue weighted by atomic mass is 16.5. The second kappa shape index (κ2) is 9.34. The minimum absolute atomic E-state index is 0.0371. The van der Waals surface area contributed by atoms with Crippen molar-refractivity contribution in [3.8, 4) is 0 Å². The molecule has 1 aliphatic carbocycles. The van der Waals surface area contributed by atoms with Gasteiger partial charge >= 0.3 is 6.09 Å². The van der Waals surface area contributed by atoms with Crippen molar-refractivity contribution in [1.29, 1.82) is 0 Å². The molecule has 1 saturated carbocycles. The van der Waals surface area contributed by atoms with Gasteiger partial charge in [-0.3, -0.25) is 9.89 Å². The molecule has 1 fully saturated rings. The van der Waals surface area contributed by atoms with E-state index in [1.54, 1.807) is 6.20 Å². The summed E-state index contributed by atoms with van der Waals surface area (Å²) in [5, 5.41) is 13.1. The fraction of sp³-hybridized carbons (Fsp3) is 0.381. The van der Waals surface area contributed by atoms with Gasteiger partial charge in [-0.05, 0) is 37.2 Å². The number of nitrogens with zero attached hydrogens (tertiary/aromatic N) is 3. The number of rotatable bonds is 6. The van der Waals surface area contributed by atoms with Gasteiger partial charge < -0.3 is 15.4 Å². The molecule has 0 unspecified atom stereocenters. The molecule has 2 aromatic heterocycles. The van der Waals surface area contributed by atoms with Gasteiger partial charge in [0.05, 0.1) is 11.6 Å². The van der Waals surface area contributed by atoms with Gasteiger partial charge in [-0.15, -0.1) is 0 Å². The highest BCUT2D eigenvalue weighted by molar-refractivity contribution is 5.98. The number of hydrogen-bond acceptors (Lipinski definition) is 6. The van der Waals surface area contributed by atoms with E-state index in [1.807, 2.05) is 30.3 Å². The lowest BCUT2D eigenvalue weighted by molar-refractivity contribution is -0.121. The molecule has 3 N–H and O–H groups in total. The summed E-state index contributed by atoms with van der Waals surface area (Å²) < 4.78 is 5.24. The van der Waals surface area contributed by atoms with Crippen LogP contribution in [-0.4, -0.2) is 38.7 Å². The maximum Gasteiger partial charge on any atom is 0.407 e. The molecule has 0 aliphatic heterocycles. The van der Waals surface area contributed by atoms with Crippen LogP contribution in [0.2, 0.25) is 0 Å². The molecule has 2 heterocycles. The van der Waals surface area contributed by atoms with Crippen molar-refractivity contribution < 1.29 is 14.3 Å². The van der Waals surface area contributed by atoms with Crippen molar-refractivity contribution in [2.24, 2.45) is 11.8 Å². The number of carbonyl (C=O) groups excluding carboxylic acids is 2. The topological polar surface area (TPSA) is 122 Å². The van der Waals surface area contributed by atoms with Crippen LogP contribution < -0.4 is 10.6 Å². The standard InChI is InChI=1S/C21H24N6O3/c28-20(26-18-17-11-25-27-19(17)24-13-23-18)16-8-6-14(7-9-16)10-22-21(29)30-12-15-4-2-1-3-5-15/h1-5,11,13-14,16H,6-10,12H2,(H,22,29)(H2,23,24,25,26,27,28)/t14-,16-. The number of nitrogens with one attached hydrogen (secondary N) is 3. The van der Waals surface area contributed by atoms with E-state index in [2.05, 4.69) is 30.8 Å². The highest BCUT2D eigenvalue weighted by Gasteiger charge is 2.27. The average Bonchev–Trinajstić information content (AvgIpc) is 3.27. The molecular formula is C21H24N6O3. The number of hydrogen-bond donors (Lipinski definition) is 3. The SMILES string of the molecule is O=C(NC[C@H]1CC[C@H](C(=O)Nc2ncnc3[nH]ncc23)CC1)OCc1ccccc1. The number of carbonyl (C=O) groups is 2. The van der Waals surface area contributed by atoms with E-state index in [0.29, 0.717) is 29.3 Å². The van der Waals surface area contributed by atoms with Crippen molar-refractivity contribution in [2.45, 2.75) is 32.3 Å². The van der Waals surface area contributed by atoms with Crippen molar-refractivity contribution in [3.63, 3.8) is 0 Å². The Kier molecular flexibility index (Phi) is 6.17. The predicted molar refractivity (Wildman–Crippen MR) is 110 cm³/mol. The van der Waals surface area contributed by atoms with Crippen LogP contribution in [0.25, 0.3) is 11.0 Å². The molecular weight excluding hydrogens is 384 g/mol. The molecule has 30 heavy (non-hydrogen) atoms. The van der Waals surface area contributed by atoms with E-state index in [0.717, 1.165) is 31.2 Å². The van der Waals surface area contributed by atoms with Gasteiger partial charge in [-0.2, -0.15) is 5.10 Å². The van der Waals surface area contributed by atoms with E-state index < -0.39 is 6.09 Å². The number of anilines is 1. The Bertz CT molecular complexity index is 998. The summed E-state index contributed by atoms with van der Waals surface area (Å²) in [6.07, 6.45) is 5.89. The van der Waals surface area contributed by atoms with E-state index in [1.165, 1.54) is 6.33 Å². The molecule has 9 heteroatoms. The van der Waals surface area contributed by atoms with Crippen molar-refractivity contribution >= 4 is 28.9 Å². The molecule has 9 nitrogen and oxygen atoms in total. The second-order valence-corrected chi connectivity index (χ2v) is 7.50. The lowest BCUT2D eigenvalue weighted by Gasteiger charge is -2.27. The van der Waals surface area contributed by atoms with Crippen LogP contribution in [0.5, 0.6) is 0 Å². The van der Waals surface area contributed by atoms with Crippen molar-refractivity contribution in [2.75, 3.05) is 11.9 Å². The number of fused-ring (bicyclic) bond motifs is 1. The van der Waals surface area contributed by atoms with Crippen LogP contribution in [0.1, 0.15) is 31.2 Å². The lowest BCUT2D eigenvalue weighted by atomic mass is 9.81. The average molecular weight is 408 g/mol. The normalized spacial score (nSPS) is 18.7. The number of amides is 2. The Morgan fingerprint density at radius 1 is 1.10 bits per heavy atom. The monoisotopic (exact) mass is 408 g/mol. The molecule has 1 aromatic carbocycles. The first-order chi connectivity index (χ1) is 14.7. The minimum atomic E-state index is -0.411. The van der Waals surface area contributed by atoms with Gasteiger partial charge in [0.1, 0.15) is 18.8 Å². The number of aromatic amines is 1. The van der Waals surface area contributed by atoms with Gasteiger partial charge in [0.25, 0.3) is 0 Å². The Morgan fingerprint density at radius 2 is 1.90 bits per heavy atom. The number of H-pyrrole nitrogens is 1. The van der Waals surface area contributed by atoms with E-state index in [4.69, 9.17) is 4.74 Å². The molecule has 0 bridgehead atoms. The summed E-state index contributed by atoms with van der Waals surface area (Å²) in [6, 6.07) is 9.57. The Morgan fingerprint density at radius 3 is 2.70 bits per heavy atom. The zero-order valence-electron chi connectivity index (χ0n) is 16.5. The number of alkyl carbamates (subject to hydrolysis) is 1. The fourth-order valence-electron chi connectivity index (χ4n) is 3.71. The van der Waals surface area contributed by atoms with E-state index in [-0.39, 0.29) is 18.4 Å². The molecule has 0 atom stereocenters. The van der Waals surface area contributed by atoms with Crippen LogP contribution >= 0.6 is 0 Å². The van der Waals surface area contributed by atoms with Crippen LogP contribution in [0.3, 0.4) is 0 Å². The first-order valence-electron chi connectivity index (χ1n) is 10.1. The molecule has 0 spiro atoms. The highest BCUT2D eigenvalue weighted by Crippen LogP contribution is 2.29. The molecule has 0 saturated heterocycles. The third-order valence-corrected chi connectivity index (χ3v) is 5.45. The molecule has 3 aromatic rings. The molecule has 156 valence electrons. The predicted octanol–water partition coefficient (Wildman–Crippen LogP) is 3.02. The number of aromatic nitrogens is 4.